The monoisotopic (exact) mass is 951 g/mol. The number of carbonyl (C=O) groups excluding carboxylic acids is 5. The number of aromatic nitrogens is 5. The number of ketones is 1. The molecule has 2 aliphatic heterocycles. The van der Waals surface area contributed by atoms with Gasteiger partial charge in [-0.2, -0.15) is 5.26 Å². The van der Waals surface area contributed by atoms with Crippen molar-refractivity contribution in [3.63, 3.8) is 0 Å². The van der Waals surface area contributed by atoms with E-state index in [1.54, 1.807) is 66.0 Å². The largest absolute Gasteiger partial charge is 0.467 e. The Kier molecular flexibility index (Phi) is 15.5. The first-order valence-electron chi connectivity index (χ1n) is 23.0. The van der Waals surface area contributed by atoms with Gasteiger partial charge >= 0.3 is 5.97 Å². The van der Waals surface area contributed by atoms with Crippen molar-refractivity contribution in [1.29, 1.82) is 5.26 Å². The molecule has 2 atom stereocenters. The third-order valence-corrected chi connectivity index (χ3v) is 12.1. The standard InChI is InChI=1S/C51H57N11O8/c1-32-29-60(49-56-27-36(28-57-49)39-15-14-38-44(64)51(5,6)62(45(38)58-39)30-35-11-9-19-53-41(35)25-52)21-22-61(32)43(63)31-69-23-20-54-46(65)33-10-8-12-37(24-33)70-42-16-13-34(26-55-42)47(66)59-40(48(67)68-7)17-18-50(2,3)4/h8-16,19,24,26-28,32,40H,17-18,20-23,29-31H2,1-7H3,(H,54,65)(H,59,66)/t32-,40+/m1/s1. The van der Waals surface area contributed by atoms with Gasteiger partial charge < -0.3 is 39.5 Å². The number of pyridine rings is 3. The van der Waals surface area contributed by atoms with Crippen molar-refractivity contribution in [3.8, 4) is 29.0 Å². The van der Waals surface area contributed by atoms with Crippen molar-refractivity contribution in [1.82, 2.24) is 40.5 Å². The highest BCUT2D eigenvalue weighted by atomic mass is 16.5. The Morgan fingerprint density at radius 1 is 0.943 bits per heavy atom. The SMILES string of the molecule is COC(=O)[C@H](CCC(C)(C)C)NC(=O)c1ccc(Oc2cccc(C(=O)NCCOCC(=O)N3CCN(c4ncc(-c5ccc6c(n5)N(Cc5cccnc5C#N)C(C)(C)C6=O)cn4)C[C@H]3C)c2)nc1. The normalized spacial score (nSPS) is 15.7. The number of methoxy groups -OCH3 is 1. The summed E-state index contributed by atoms with van der Waals surface area (Å²) in [5.74, 6) is -0.0128. The van der Waals surface area contributed by atoms with Crippen LogP contribution in [0.1, 0.15) is 96.7 Å². The number of hydrogen-bond donors (Lipinski definition) is 2. The number of amides is 3. The van der Waals surface area contributed by atoms with Crippen LogP contribution in [0.15, 0.2) is 85.5 Å². The third-order valence-electron chi connectivity index (χ3n) is 12.1. The molecule has 0 aliphatic carbocycles. The number of hydrogen-bond acceptors (Lipinski definition) is 16. The Hall–Kier alpha value is -7.85. The molecule has 7 rings (SSSR count). The van der Waals surface area contributed by atoms with Crippen LogP contribution in [0.4, 0.5) is 11.8 Å². The minimum Gasteiger partial charge on any atom is -0.467 e. The van der Waals surface area contributed by atoms with Gasteiger partial charge in [0.2, 0.25) is 17.7 Å². The lowest BCUT2D eigenvalue weighted by Crippen LogP contribution is -2.55. The second-order valence-corrected chi connectivity index (χ2v) is 18.8. The van der Waals surface area contributed by atoms with Crippen molar-refractivity contribution in [3.05, 3.63) is 113 Å². The molecular weight excluding hydrogens is 895 g/mol. The zero-order chi connectivity index (χ0) is 50.2. The summed E-state index contributed by atoms with van der Waals surface area (Å²) in [5.41, 5.74) is 2.41. The summed E-state index contributed by atoms with van der Waals surface area (Å²) in [4.78, 5) is 93.1. The fourth-order valence-electron chi connectivity index (χ4n) is 8.13. The topological polar surface area (TPSA) is 235 Å². The summed E-state index contributed by atoms with van der Waals surface area (Å²) < 4.78 is 16.4. The van der Waals surface area contributed by atoms with Gasteiger partial charge in [-0.15, -0.1) is 0 Å². The summed E-state index contributed by atoms with van der Waals surface area (Å²) >= 11 is 0. The number of ether oxygens (including phenoxy) is 3. The van der Waals surface area contributed by atoms with Crippen LogP contribution in [-0.2, 0) is 25.6 Å². The molecule has 364 valence electrons. The van der Waals surface area contributed by atoms with Crippen molar-refractivity contribution < 1.29 is 38.2 Å². The molecule has 5 aromatic rings. The number of carbonyl (C=O) groups is 5. The second-order valence-electron chi connectivity index (χ2n) is 18.8. The number of fused-ring (bicyclic) bond motifs is 1. The average molecular weight is 952 g/mol. The van der Waals surface area contributed by atoms with Crippen LogP contribution in [0.3, 0.4) is 0 Å². The van der Waals surface area contributed by atoms with Crippen molar-refractivity contribution >= 4 is 41.2 Å². The van der Waals surface area contributed by atoms with Crippen LogP contribution in [0.25, 0.3) is 11.3 Å². The lowest BCUT2D eigenvalue weighted by Gasteiger charge is -2.39. The Labute approximate surface area is 406 Å². The van der Waals surface area contributed by atoms with Crippen LogP contribution in [0, 0.1) is 16.7 Å². The molecule has 2 aliphatic rings. The van der Waals surface area contributed by atoms with Gasteiger partial charge in [0.15, 0.2) is 5.78 Å². The molecule has 2 N–H and O–H groups in total. The molecule has 3 amide bonds. The maximum Gasteiger partial charge on any atom is 0.328 e. The lowest BCUT2D eigenvalue weighted by atomic mass is 9.88. The molecule has 0 spiro atoms. The number of nitriles is 1. The summed E-state index contributed by atoms with van der Waals surface area (Å²) in [5, 5.41) is 15.1. The number of Topliss-reactive ketones (excluding diaryl/α,β-unsaturated/α-hetero) is 1. The molecule has 0 saturated carbocycles. The predicted molar refractivity (Wildman–Crippen MR) is 258 cm³/mol. The smallest absolute Gasteiger partial charge is 0.328 e. The zero-order valence-electron chi connectivity index (χ0n) is 40.4. The summed E-state index contributed by atoms with van der Waals surface area (Å²) in [6.07, 6.45) is 7.43. The van der Waals surface area contributed by atoms with E-state index < -0.39 is 23.5 Å². The fourth-order valence-corrected chi connectivity index (χ4v) is 8.13. The van der Waals surface area contributed by atoms with Gasteiger partial charge in [-0.3, -0.25) is 19.2 Å². The molecule has 1 fully saturated rings. The van der Waals surface area contributed by atoms with E-state index >= 15 is 0 Å². The van der Waals surface area contributed by atoms with Gasteiger partial charge in [0, 0.05) is 86.3 Å². The molecule has 1 saturated heterocycles. The Morgan fingerprint density at radius 2 is 1.73 bits per heavy atom. The van der Waals surface area contributed by atoms with E-state index in [9.17, 15) is 29.2 Å². The van der Waals surface area contributed by atoms with Gasteiger partial charge in [-0.05, 0) is 81.5 Å². The highest BCUT2D eigenvalue weighted by Gasteiger charge is 2.45. The molecule has 70 heavy (non-hydrogen) atoms. The number of anilines is 2. The van der Waals surface area contributed by atoms with Crippen molar-refractivity contribution in [2.75, 3.05) is 56.3 Å². The number of benzene rings is 1. The lowest BCUT2D eigenvalue weighted by molar-refractivity contribution is -0.143. The predicted octanol–water partition coefficient (Wildman–Crippen LogP) is 5.56. The molecular formula is C51H57N11O8. The van der Waals surface area contributed by atoms with Gasteiger partial charge in [0.05, 0.1) is 36.1 Å². The van der Waals surface area contributed by atoms with Gasteiger partial charge in [0.1, 0.15) is 36.0 Å². The number of nitrogens with one attached hydrogen (secondary N) is 2. The van der Waals surface area contributed by atoms with Gasteiger partial charge in [-0.25, -0.2) is 29.7 Å². The van der Waals surface area contributed by atoms with Crippen molar-refractivity contribution in [2.24, 2.45) is 5.41 Å². The maximum absolute atomic E-state index is 13.4. The van der Waals surface area contributed by atoms with E-state index in [1.807, 2.05) is 36.6 Å². The van der Waals surface area contributed by atoms with E-state index in [0.29, 0.717) is 83.6 Å². The number of nitrogens with zero attached hydrogens (tertiary/aromatic N) is 9. The third kappa shape index (κ3) is 11.9. The Balaban J connectivity index is 0.843. The first-order chi connectivity index (χ1) is 33.4. The number of esters is 1. The number of rotatable bonds is 17. The van der Waals surface area contributed by atoms with Gasteiger partial charge in [-0.1, -0.05) is 32.9 Å². The molecule has 6 heterocycles. The van der Waals surface area contributed by atoms with E-state index in [-0.39, 0.29) is 66.8 Å². The first-order valence-corrected chi connectivity index (χ1v) is 23.0. The second kappa shape index (κ2) is 21.6. The molecule has 0 unspecified atom stereocenters. The first kappa shape index (κ1) is 50.0. The Bertz CT molecular complexity index is 2770. The zero-order valence-corrected chi connectivity index (χ0v) is 40.4. The summed E-state index contributed by atoms with van der Waals surface area (Å²) in [7, 11) is 1.28. The average Bonchev–Trinajstić information content (AvgIpc) is 3.54. The maximum atomic E-state index is 13.4. The molecule has 19 nitrogen and oxygen atoms in total. The van der Waals surface area contributed by atoms with E-state index in [2.05, 4.69) is 57.4 Å². The summed E-state index contributed by atoms with van der Waals surface area (Å²) in [6, 6.07) is 17.9. The molecule has 4 aromatic heterocycles. The number of piperazine rings is 1. The quantitative estimate of drug-likeness (QED) is 0.0858. The van der Waals surface area contributed by atoms with E-state index in [1.165, 1.54) is 25.4 Å². The van der Waals surface area contributed by atoms with E-state index in [0.717, 1.165) is 0 Å². The van der Waals surface area contributed by atoms with Gasteiger partial charge in [0.25, 0.3) is 11.8 Å². The van der Waals surface area contributed by atoms with Crippen LogP contribution >= 0.6 is 0 Å². The minimum absolute atomic E-state index is 0.0312. The highest BCUT2D eigenvalue weighted by molar-refractivity contribution is 6.13. The fraction of sp³-hybridized carbons (Fsp3) is 0.392. The van der Waals surface area contributed by atoms with E-state index in [4.69, 9.17) is 19.2 Å². The molecule has 19 heteroatoms. The minimum atomic E-state index is -0.887. The Morgan fingerprint density at radius 3 is 2.43 bits per heavy atom. The molecule has 1 aromatic carbocycles. The molecule has 0 radical (unpaired) electrons. The van der Waals surface area contributed by atoms with Crippen LogP contribution in [0.2, 0.25) is 0 Å². The molecule has 0 bridgehead atoms. The van der Waals surface area contributed by atoms with Crippen LogP contribution < -0.4 is 25.2 Å². The van der Waals surface area contributed by atoms with Crippen LogP contribution in [0.5, 0.6) is 11.6 Å². The van der Waals surface area contributed by atoms with Crippen molar-refractivity contribution in [2.45, 2.75) is 78.6 Å². The van der Waals surface area contributed by atoms with Crippen LogP contribution in [-0.4, -0.2) is 123 Å². The summed E-state index contributed by atoms with van der Waals surface area (Å²) in [6.45, 7) is 13.6. The highest BCUT2D eigenvalue weighted by Crippen LogP contribution is 2.40.